The van der Waals surface area contributed by atoms with Gasteiger partial charge < -0.3 is 9.47 Å². The van der Waals surface area contributed by atoms with Crippen LogP contribution in [0.3, 0.4) is 0 Å². The Morgan fingerprint density at radius 1 is 1.00 bits per heavy atom. The van der Waals surface area contributed by atoms with E-state index in [1.165, 1.54) is 35.4 Å². The lowest BCUT2D eigenvalue weighted by molar-refractivity contribution is -0.384. The van der Waals surface area contributed by atoms with Crippen LogP contribution < -0.4 is 9.47 Å². The monoisotopic (exact) mass is 548 g/mol. The maximum absolute atomic E-state index is 13.9. The molecule has 41 heavy (non-hydrogen) atoms. The van der Waals surface area contributed by atoms with Gasteiger partial charge in [0, 0.05) is 18.1 Å². The molecular formula is C32H28N4O5. The number of methoxy groups -OCH3 is 2. The molecule has 206 valence electrons. The third-order valence-electron chi connectivity index (χ3n) is 7.39. The third-order valence-corrected chi connectivity index (χ3v) is 7.39. The van der Waals surface area contributed by atoms with E-state index in [4.69, 9.17) is 14.6 Å². The molecule has 2 unspecified atom stereocenters. The highest BCUT2D eigenvalue weighted by atomic mass is 16.6. The highest BCUT2D eigenvalue weighted by molar-refractivity contribution is 6.10. The van der Waals surface area contributed by atoms with Crippen LogP contribution in [-0.4, -0.2) is 35.8 Å². The molecule has 1 fully saturated rings. The zero-order chi connectivity index (χ0) is 28.9. The molecule has 0 saturated heterocycles. The van der Waals surface area contributed by atoms with Crippen molar-refractivity contribution in [1.29, 1.82) is 5.26 Å². The molecule has 2 aliphatic rings. The molecular weight excluding hydrogens is 520 g/mol. The summed E-state index contributed by atoms with van der Waals surface area (Å²) in [6, 6.07) is 22.6. The van der Waals surface area contributed by atoms with Gasteiger partial charge in [0.1, 0.15) is 23.1 Å². The van der Waals surface area contributed by atoms with Crippen LogP contribution >= 0.6 is 0 Å². The number of nitro groups is 1. The molecule has 3 aromatic carbocycles. The zero-order valence-corrected chi connectivity index (χ0v) is 22.7. The second-order valence-corrected chi connectivity index (χ2v) is 9.81. The molecule has 9 heteroatoms. The lowest BCUT2D eigenvalue weighted by Crippen LogP contribution is -2.32. The predicted octanol–water partition coefficient (Wildman–Crippen LogP) is 6.34. The van der Waals surface area contributed by atoms with Crippen molar-refractivity contribution in [3.63, 3.8) is 0 Å². The van der Waals surface area contributed by atoms with E-state index >= 15 is 0 Å². The second kappa shape index (κ2) is 11.9. The van der Waals surface area contributed by atoms with Crippen molar-refractivity contribution in [3.05, 3.63) is 111 Å². The number of non-ortho nitro benzene ring substituents is 1. The molecule has 3 aromatic rings. The van der Waals surface area contributed by atoms with Gasteiger partial charge in [-0.2, -0.15) is 10.4 Å². The first kappa shape index (κ1) is 27.3. The van der Waals surface area contributed by atoms with Crippen LogP contribution in [0, 0.1) is 27.4 Å². The van der Waals surface area contributed by atoms with Gasteiger partial charge in [0.15, 0.2) is 0 Å². The molecule has 0 N–H and O–H groups in total. The van der Waals surface area contributed by atoms with E-state index in [0.717, 1.165) is 47.4 Å². The Labute approximate surface area is 237 Å². The molecule has 0 aromatic heterocycles. The Balaban J connectivity index is 1.54. The van der Waals surface area contributed by atoms with Gasteiger partial charge >= 0.3 is 0 Å². The summed E-state index contributed by atoms with van der Waals surface area (Å²) < 4.78 is 10.6. The summed E-state index contributed by atoms with van der Waals surface area (Å²) in [6.07, 6.45) is 6.13. The first-order valence-corrected chi connectivity index (χ1v) is 13.2. The van der Waals surface area contributed by atoms with Gasteiger partial charge in [-0.15, -0.1) is 0 Å². The van der Waals surface area contributed by atoms with Gasteiger partial charge in [-0.25, -0.2) is 5.01 Å². The minimum atomic E-state index is -0.530. The van der Waals surface area contributed by atoms with Crippen molar-refractivity contribution >= 4 is 29.5 Å². The minimum Gasteiger partial charge on any atom is -0.497 e. The normalized spacial score (nSPS) is 19.2. The number of nitro benzene ring substituents is 1. The minimum absolute atomic E-state index is 0.0510. The van der Waals surface area contributed by atoms with Crippen LogP contribution in [0.4, 0.5) is 5.69 Å². The van der Waals surface area contributed by atoms with Crippen molar-refractivity contribution in [1.82, 2.24) is 5.01 Å². The Morgan fingerprint density at radius 2 is 1.61 bits per heavy atom. The molecule has 1 aliphatic carbocycles. The van der Waals surface area contributed by atoms with E-state index in [9.17, 15) is 20.2 Å². The maximum Gasteiger partial charge on any atom is 0.285 e. The summed E-state index contributed by atoms with van der Waals surface area (Å²) in [6.45, 7) is 0. The fourth-order valence-corrected chi connectivity index (χ4v) is 5.33. The molecule has 1 heterocycles. The summed E-state index contributed by atoms with van der Waals surface area (Å²) in [5.74, 6) is 0.889. The number of fused-ring (bicyclic) bond motifs is 1. The Kier molecular flexibility index (Phi) is 7.92. The summed E-state index contributed by atoms with van der Waals surface area (Å²) in [4.78, 5) is 24.4. The average Bonchev–Trinajstić information content (AvgIpc) is 3.41. The van der Waals surface area contributed by atoms with Crippen molar-refractivity contribution in [3.8, 4) is 17.6 Å². The Hall–Kier alpha value is -5.23. The number of allylic oxidation sites excluding steroid dienone is 1. The van der Waals surface area contributed by atoms with Crippen LogP contribution in [0.25, 0.3) is 12.2 Å². The first-order valence-electron chi connectivity index (χ1n) is 13.2. The Morgan fingerprint density at radius 3 is 2.20 bits per heavy atom. The third kappa shape index (κ3) is 5.72. The highest BCUT2D eigenvalue weighted by Gasteiger charge is 2.44. The van der Waals surface area contributed by atoms with Gasteiger partial charge in [0.2, 0.25) is 0 Å². The summed E-state index contributed by atoms with van der Waals surface area (Å²) in [5.41, 5.74) is 4.11. The number of carbonyl (C=O) groups excluding carboxylic acids is 1. The number of hydrogen-bond acceptors (Lipinski definition) is 7. The van der Waals surface area contributed by atoms with Gasteiger partial charge in [0.25, 0.3) is 11.6 Å². The fraction of sp³-hybridized carbons (Fsp3) is 0.219. The van der Waals surface area contributed by atoms with E-state index in [-0.39, 0.29) is 17.2 Å². The standard InChI is InChI=1S/C32H28N4O5/c1-40-27-14-8-22(9-15-27)18-24-4-3-5-29-30(24)34-35(31(29)23-10-16-28(41-2)17-11-23)32(37)25(20-33)19-21-6-12-26(13-7-21)36(38)39/h6-19,29,31H,3-5H2,1-2H3/b24-18+,25-19-. The first-order chi connectivity index (χ1) is 19.9. The molecule has 1 amide bonds. The van der Waals surface area contributed by atoms with E-state index in [1.54, 1.807) is 14.2 Å². The number of nitrogens with zero attached hydrogens (tertiary/aromatic N) is 4. The summed E-state index contributed by atoms with van der Waals surface area (Å²) in [7, 11) is 3.23. The SMILES string of the molecule is COc1ccc(/C=C2\CCCC3C2=NN(C(=O)/C(C#N)=C\c2ccc([N+](=O)[O-])cc2)C3c2ccc(OC)cc2)cc1. The number of hydrogen-bond donors (Lipinski definition) is 0. The number of rotatable bonds is 7. The van der Waals surface area contributed by atoms with E-state index < -0.39 is 16.9 Å². The van der Waals surface area contributed by atoms with Crippen LogP contribution in [-0.2, 0) is 4.79 Å². The number of nitriles is 1. The van der Waals surface area contributed by atoms with E-state index in [2.05, 4.69) is 6.08 Å². The molecule has 0 radical (unpaired) electrons. The van der Waals surface area contributed by atoms with Gasteiger partial charge in [-0.1, -0.05) is 24.3 Å². The second-order valence-electron chi connectivity index (χ2n) is 9.81. The van der Waals surface area contributed by atoms with Crippen LogP contribution in [0.5, 0.6) is 11.5 Å². The topological polar surface area (TPSA) is 118 Å². The number of amides is 1. The van der Waals surface area contributed by atoms with Crippen molar-refractivity contribution in [2.45, 2.75) is 25.3 Å². The van der Waals surface area contributed by atoms with Crippen molar-refractivity contribution in [2.24, 2.45) is 11.0 Å². The Bertz CT molecular complexity index is 1580. The zero-order valence-electron chi connectivity index (χ0n) is 22.7. The summed E-state index contributed by atoms with van der Waals surface area (Å²) >= 11 is 0. The number of carbonyl (C=O) groups is 1. The molecule has 0 bridgehead atoms. The predicted molar refractivity (Wildman–Crippen MR) is 155 cm³/mol. The molecule has 1 saturated carbocycles. The van der Waals surface area contributed by atoms with Crippen molar-refractivity contribution < 1.29 is 19.2 Å². The van der Waals surface area contributed by atoms with Crippen LogP contribution in [0.1, 0.15) is 42.0 Å². The number of ether oxygens (including phenoxy) is 2. The summed E-state index contributed by atoms with van der Waals surface area (Å²) in [5, 5.41) is 27.3. The quantitative estimate of drug-likeness (QED) is 0.147. The van der Waals surface area contributed by atoms with Gasteiger partial charge in [-0.05, 0) is 90.1 Å². The average molecular weight is 549 g/mol. The molecule has 9 nitrogen and oxygen atoms in total. The smallest absolute Gasteiger partial charge is 0.285 e. The van der Waals surface area contributed by atoms with E-state index in [1.807, 2.05) is 54.6 Å². The van der Waals surface area contributed by atoms with Crippen LogP contribution in [0.2, 0.25) is 0 Å². The maximum atomic E-state index is 13.9. The van der Waals surface area contributed by atoms with Crippen molar-refractivity contribution in [2.75, 3.05) is 14.2 Å². The number of benzene rings is 3. The molecule has 1 aliphatic heterocycles. The van der Waals surface area contributed by atoms with Gasteiger partial charge in [-0.3, -0.25) is 14.9 Å². The fourth-order valence-electron chi connectivity index (χ4n) is 5.33. The molecule has 0 spiro atoms. The molecule has 2 atom stereocenters. The van der Waals surface area contributed by atoms with Gasteiger partial charge in [0.05, 0.1) is 30.9 Å². The highest BCUT2D eigenvalue weighted by Crippen LogP contribution is 2.45. The molecule has 5 rings (SSSR count). The van der Waals surface area contributed by atoms with Crippen LogP contribution in [0.15, 0.2) is 89.0 Å². The van der Waals surface area contributed by atoms with E-state index in [0.29, 0.717) is 11.3 Å². The lowest BCUT2D eigenvalue weighted by atomic mass is 9.77. The lowest BCUT2D eigenvalue weighted by Gasteiger charge is -2.29. The number of hydrazone groups is 1. The largest absolute Gasteiger partial charge is 0.497 e.